The van der Waals surface area contributed by atoms with Crippen LogP contribution in [0.25, 0.3) is 0 Å². The summed E-state index contributed by atoms with van der Waals surface area (Å²) in [5, 5.41) is 6.07. The molecule has 4 nitrogen and oxygen atoms in total. The van der Waals surface area contributed by atoms with Crippen molar-refractivity contribution < 1.29 is 9.53 Å². The summed E-state index contributed by atoms with van der Waals surface area (Å²) in [6.07, 6.45) is 2.04. The molecule has 0 radical (unpaired) electrons. The standard InChI is InChI=1S/C15H22N2O2/c1-10-4-7-14(19-11(2)15(18)16-3)12(8-10)9-17-13-5-6-13/h4,7-8,11,13,17H,5-6,9H2,1-3H3,(H,16,18). The summed E-state index contributed by atoms with van der Waals surface area (Å²) in [6, 6.07) is 6.72. The number of hydrogen-bond acceptors (Lipinski definition) is 3. The van der Waals surface area contributed by atoms with Gasteiger partial charge in [0.2, 0.25) is 0 Å². The van der Waals surface area contributed by atoms with Gasteiger partial charge in [-0.15, -0.1) is 0 Å². The third kappa shape index (κ3) is 3.96. The lowest BCUT2D eigenvalue weighted by Gasteiger charge is -2.17. The van der Waals surface area contributed by atoms with E-state index in [4.69, 9.17) is 4.74 Å². The van der Waals surface area contributed by atoms with Crippen molar-refractivity contribution in [3.63, 3.8) is 0 Å². The first-order valence-corrected chi connectivity index (χ1v) is 6.81. The van der Waals surface area contributed by atoms with E-state index in [2.05, 4.69) is 23.6 Å². The van der Waals surface area contributed by atoms with Crippen LogP contribution in [0, 0.1) is 6.92 Å². The minimum atomic E-state index is -0.479. The maximum Gasteiger partial charge on any atom is 0.260 e. The summed E-state index contributed by atoms with van der Waals surface area (Å²) >= 11 is 0. The number of ether oxygens (including phenoxy) is 1. The van der Waals surface area contributed by atoms with Crippen LogP contribution in [0.4, 0.5) is 0 Å². The Balaban J connectivity index is 2.06. The molecule has 1 aliphatic rings. The molecule has 0 saturated heterocycles. The average molecular weight is 262 g/mol. The van der Waals surface area contributed by atoms with Crippen LogP contribution in [0.5, 0.6) is 5.75 Å². The summed E-state index contributed by atoms with van der Waals surface area (Å²) in [7, 11) is 1.62. The number of rotatable bonds is 6. The van der Waals surface area contributed by atoms with E-state index >= 15 is 0 Å². The van der Waals surface area contributed by atoms with Gasteiger partial charge in [0.05, 0.1) is 0 Å². The molecule has 1 atom stereocenters. The van der Waals surface area contributed by atoms with E-state index in [0.29, 0.717) is 6.04 Å². The van der Waals surface area contributed by atoms with E-state index in [-0.39, 0.29) is 5.91 Å². The van der Waals surface area contributed by atoms with E-state index < -0.39 is 6.10 Å². The quantitative estimate of drug-likeness (QED) is 0.821. The van der Waals surface area contributed by atoms with Gasteiger partial charge in [0, 0.05) is 25.2 Å². The van der Waals surface area contributed by atoms with Crippen molar-refractivity contribution in [1.29, 1.82) is 0 Å². The Hall–Kier alpha value is -1.55. The molecule has 0 spiro atoms. The van der Waals surface area contributed by atoms with Gasteiger partial charge >= 0.3 is 0 Å². The molecule has 1 fully saturated rings. The van der Waals surface area contributed by atoms with Crippen LogP contribution in [0.1, 0.15) is 30.9 Å². The van der Waals surface area contributed by atoms with Gasteiger partial charge in [0.25, 0.3) is 5.91 Å². The van der Waals surface area contributed by atoms with Gasteiger partial charge in [-0.2, -0.15) is 0 Å². The lowest BCUT2D eigenvalue weighted by molar-refractivity contribution is -0.126. The zero-order valence-electron chi connectivity index (χ0n) is 11.8. The summed E-state index contributed by atoms with van der Waals surface area (Å²) in [5.41, 5.74) is 2.31. The first kappa shape index (κ1) is 13.9. The van der Waals surface area contributed by atoms with Gasteiger partial charge in [0.1, 0.15) is 5.75 Å². The maximum absolute atomic E-state index is 11.5. The summed E-state index contributed by atoms with van der Waals surface area (Å²) in [6.45, 7) is 4.62. The summed E-state index contributed by atoms with van der Waals surface area (Å²) in [4.78, 5) is 11.5. The number of carbonyl (C=O) groups excluding carboxylic acids is 1. The second kappa shape index (κ2) is 6.06. The predicted octanol–water partition coefficient (Wildman–Crippen LogP) is 1.76. The van der Waals surface area contributed by atoms with Gasteiger partial charge in [-0.1, -0.05) is 17.7 Å². The molecule has 1 saturated carbocycles. The molecule has 4 heteroatoms. The van der Waals surface area contributed by atoms with Crippen molar-refractivity contribution in [2.24, 2.45) is 0 Å². The van der Waals surface area contributed by atoms with E-state index in [1.807, 2.05) is 12.1 Å². The van der Waals surface area contributed by atoms with Crippen molar-refractivity contribution in [1.82, 2.24) is 10.6 Å². The Kier molecular flexibility index (Phi) is 4.43. The Morgan fingerprint density at radius 2 is 2.21 bits per heavy atom. The average Bonchev–Trinajstić information content (AvgIpc) is 3.22. The predicted molar refractivity (Wildman–Crippen MR) is 75.2 cm³/mol. The van der Waals surface area contributed by atoms with E-state index in [1.54, 1.807) is 14.0 Å². The molecule has 0 bridgehead atoms. The molecule has 19 heavy (non-hydrogen) atoms. The van der Waals surface area contributed by atoms with Gasteiger partial charge in [-0.25, -0.2) is 0 Å². The molecule has 1 unspecified atom stereocenters. The molecule has 2 N–H and O–H groups in total. The SMILES string of the molecule is CNC(=O)C(C)Oc1ccc(C)cc1CNC1CC1. The molecule has 1 aliphatic carbocycles. The minimum Gasteiger partial charge on any atom is -0.481 e. The van der Waals surface area contributed by atoms with Crippen LogP contribution in [0.3, 0.4) is 0 Å². The monoisotopic (exact) mass is 262 g/mol. The van der Waals surface area contributed by atoms with Crippen LogP contribution in [0.2, 0.25) is 0 Å². The largest absolute Gasteiger partial charge is 0.481 e. The number of carbonyl (C=O) groups is 1. The third-order valence-corrected chi connectivity index (χ3v) is 3.29. The topological polar surface area (TPSA) is 50.4 Å². The summed E-state index contributed by atoms with van der Waals surface area (Å²) in [5.74, 6) is 0.677. The molecule has 2 rings (SSSR count). The van der Waals surface area contributed by atoms with Crippen molar-refractivity contribution in [3.05, 3.63) is 29.3 Å². The molecule has 0 aromatic heterocycles. The van der Waals surface area contributed by atoms with E-state index in [9.17, 15) is 4.79 Å². The Morgan fingerprint density at radius 3 is 2.84 bits per heavy atom. The number of amides is 1. The fourth-order valence-electron chi connectivity index (χ4n) is 1.95. The highest BCUT2D eigenvalue weighted by molar-refractivity contribution is 5.80. The maximum atomic E-state index is 11.5. The fourth-order valence-corrected chi connectivity index (χ4v) is 1.95. The zero-order chi connectivity index (χ0) is 13.8. The lowest BCUT2D eigenvalue weighted by atomic mass is 10.1. The number of aryl methyl sites for hydroxylation is 1. The first-order valence-electron chi connectivity index (χ1n) is 6.81. The van der Waals surface area contributed by atoms with Crippen LogP contribution in [-0.4, -0.2) is 25.1 Å². The number of benzene rings is 1. The third-order valence-electron chi connectivity index (χ3n) is 3.29. The number of nitrogens with one attached hydrogen (secondary N) is 2. The fraction of sp³-hybridized carbons (Fsp3) is 0.533. The van der Waals surface area contributed by atoms with Crippen LogP contribution in [0.15, 0.2) is 18.2 Å². The molecule has 0 aliphatic heterocycles. The van der Waals surface area contributed by atoms with Crippen molar-refractivity contribution in [2.45, 2.75) is 45.4 Å². The molecular formula is C15H22N2O2. The second-order valence-electron chi connectivity index (χ2n) is 5.14. The molecular weight excluding hydrogens is 240 g/mol. The minimum absolute atomic E-state index is 0.110. The van der Waals surface area contributed by atoms with Crippen LogP contribution >= 0.6 is 0 Å². The Labute approximate surface area is 114 Å². The number of hydrogen-bond donors (Lipinski definition) is 2. The van der Waals surface area contributed by atoms with Crippen LogP contribution < -0.4 is 15.4 Å². The first-order chi connectivity index (χ1) is 9.10. The lowest BCUT2D eigenvalue weighted by Crippen LogP contribution is -2.34. The van der Waals surface area contributed by atoms with Crippen molar-refractivity contribution >= 4 is 5.91 Å². The Morgan fingerprint density at radius 1 is 1.47 bits per heavy atom. The normalized spacial score (nSPS) is 15.9. The Bertz CT molecular complexity index is 455. The highest BCUT2D eigenvalue weighted by Crippen LogP contribution is 2.24. The second-order valence-corrected chi connectivity index (χ2v) is 5.14. The summed E-state index contributed by atoms with van der Waals surface area (Å²) < 4.78 is 5.75. The van der Waals surface area contributed by atoms with E-state index in [0.717, 1.165) is 17.9 Å². The highest BCUT2D eigenvalue weighted by Gasteiger charge is 2.21. The van der Waals surface area contributed by atoms with Gasteiger partial charge in [-0.3, -0.25) is 4.79 Å². The van der Waals surface area contributed by atoms with E-state index in [1.165, 1.54) is 18.4 Å². The zero-order valence-corrected chi connectivity index (χ0v) is 11.8. The molecule has 1 amide bonds. The smallest absolute Gasteiger partial charge is 0.260 e. The van der Waals surface area contributed by atoms with Crippen LogP contribution in [-0.2, 0) is 11.3 Å². The molecule has 1 aromatic rings. The molecule has 104 valence electrons. The highest BCUT2D eigenvalue weighted by atomic mass is 16.5. The van der Waals surface area contributed by atoms with Gasteiger partial charge in [-0.05, 0) is 32.8 Å². The van der Waals surface area contributed by atoms with Crippen molar-refractivity contribution in [3.8, 4) is 5.75 Å². The number of likely N-dealkylation sites (N-methyl/N-ethyl adjacent to an activating group) is 1. The van der Waals surface area contributed by atoms with Crippen molar-refractivity contribution in [2.75, 3.05) is 7.05 Å². The van der Waals surface area contributed by atoms with Gasteiger partial charge < -0.3 is 15.4 Å². The van der Waals surface area contributed by atoms with Gasteiger partial charge in [0.15, 0.2) is 6.10 Å². The molecule has 1 aromatic carbocycles. The molecule has 0 heterocycles.